The van der Waals surface area contributed by atoms with Crippen molar-refractivity contribution in [3.63, 3.8) is 0 Å². The van der Waals surface area contributed by atoms with E-state index in [9.17, 15) is 9.59 Å². The molecule has 0 atom stereocenters. The normalized spacial score (nSPS) is 10.3. The van der Waals surface area contributed by atoms with Crippen LogP contribution in [-0.4, -0.2) is 29.0 Å². The lowest BCUT2D eigenvalue weighted by molar-refractivity contribution is 0.100. The van der Waals surface area contributed by atoms with Gasteiger partial charge in [-0.25, -0.2) is 0 Å². The van der Waals surface area contributed by atoms with Crippen molar-refractivity contribution in [2.75, 3.05) is 12.4 Å². The fourth-order valence-corrected chi connectivity index (χ4v) is 2.36. The molecule has 6 heteroatoms. The Balaban J connectivity index is 1.76. The summed E-state index contributed by atoms with van der Waals surface area (Å²) in [5.41, 5.74) is 2.96. The van der Waals surface area contributed by atoms with Crippen molar-refractivity contribution >= 4 is 17.4 Å². The molecule has 6 nitrogen and oxygen atoms in total. The fraction of sp³-hybridized carbons (Fsp3) is 0.105. The van der Waals surface area contributed by atoms with E-state index in [4.69, 9.17) is 4.74 Å². The lowest BCUT2D eigenvalue weighted by Gasteiger charge is -2.04. The van der Waals surface area contributed by atoms with Gasteiger partial charge in [-0.2, -0.15) is 5.10 Å². The number of amides is 1. The van der Waals surface area contributed by atoms with Crippen LogP contribution in [0.5, 0.6) is 5.75 Å². The Labute approximate surface area is 144 Å². The highest BCUT2D eigenvalue weighted by Gasteiger charge is 2.12. The molecule has 25 heavy (non-hydrogen) atoms. The number of ether oxygens (including phenoxy) is 1. The van der Waals surface area contributed by atoms with Gasteiger partial charge in [0.2, 0.25) is 0 Å². The van der Waals surface area contributed by atoms with Crippen LogP contribution in [-0.2, 0) is 0 Å². The van der Waals surface area contributed by atoms with Crippen LogP contribution >= 0.6 is 0 Å². The summed E-state index contributed by atoms with van der Waals surface area (Å²) in [5.74, 6) is 0.370. The molecule has 0 saturated heterocycles. The highest BCUT2D eigenvalue weighted by atomic mass is 16.5. The van der Waals surface area contributed by atoms with Crippen molar-refractivity contribution in [1.29, 1.82) is 0 Å². The summed E-state index contributed by atoms with van der Waals surface area (Å²) in [6.07, 6.45) is 0. The van der Waals surface area contributed by atoms with E-state index < -0.39 is 0 Å². The first kappa shape index (κ1) is 16.4. The summed E-state index contributed by atoms with van der Waals surface area (Å²) >= 11 is 0. The van der Waals surface area contributed by atoms with Crippen LogP contribution in [0.3, 0.4) is 0 Å². The molecular weight excluding hydrogens is 318 g/mol. The van der Waals surface area contributed by atoms with Crippen LogP contribution in [0.4, 0.5) is 5.69 Å². The highest BCUT2D eigenvalue weighted by Crippen LogP contribution is 2.21. The quantitative estimate of drug-likeness (QED) is 0.699. The Hall–Kier alpha value is -3.41. The molecule has 2 N–H and O–H groups in total. The number of ketones is 1. The number of H-pyrrole nitrogens is 1. The van der Waals surface area contributed by atoms with Crippen LogP contribution in [0.15, 0.2) is 54.6 Å². The Morgan fingerprint density at radius 1 is 1.08 bits per heavy atom. The van der Waals surface area contributed by atoms with Crippen molar-refractivity contribution in [2.24, 2.45) is 0 Å². The van der Waals surface area contributed by atoms with E-state index in [1.165, 1.54) is 6.92 Å². The molecule has 0 spiro atoms. The van der Waals surface area contributed by atoms with Gasteiger partial charge < -0.3 is 10.1 Å². The second kappa shape index (κ2) is 7.00. The third kappa shape index (κ3) is 3.74. The smallest absolute Gasteiger partial charge is 0.273 e. The van der Waals surface area contributed by atoms with Gasteiger partial charge in [-0.3, -0.25) is 14.7 Å². The number of carbonyl (C=O) groups is 2. The van der Waals surface area contributed by atoms with E-state index in [0.29, 0.717) is 22.6 Å². The molecule has 0 radical (unpaired) electrons. The summed E-state index contributed by atoms with van der Waals surface area (Å²) in [7, 11) is 1.60. The van der Waals surface area contributed by atoms with Gasteiger partial charge in [0.25, 0.3) is 5.91 Å². The first-order valence-electron chi connectivity index (χ1n) is 7.69. The Morgan fingerprint density at radius 2 is 1.84 bits per heavy atom. The van der Waals surface area contributed by atoms with E-state index in [-0.39, 0.29) is 11.7 Å². The number of nitrogens with one attached hydrogen (secondary N) is 2. The Bertz CT molecular complexity index is 914. The molecule has 0 aliphatic carbocycles. The van der Waals surface area contributed by atoms with E-state index >= 15 is 0 Å². The summed E-state index contributed by atoms with van der Waals surface area (Å²) in [6.45, 7) is 1.48. The minimum Gasteiger partial charge on any atom is -0.497 e. The molecule has 0 fully saturated rings. The average Bonchev–Trinajstić information content (AvgIpc) is 3.12. The lowest BCUT2D eigenvalue weighted by Crippen LogP contribution is -2.12. The standard InChI is InChI=1S/C19H17N3O3/c1-12(23)14-4-3-5-15(10-14)20-19(24)18-11-17(21-22-18)13-6-8-16(25-2)9-7-13/h3-11H,1-2H3,(H,20,24)(H,21,22). The average molecular weight is 335 g/mol. The van der Waals surface area contributed by atoms with Crippen LogP contribution in [0, 0.1) is 0 Å². The maximum atomic E-state index is 12.4. The second-order valence-electron chi connectivity index (χ2n) is 5.49. The molecular formula is C19H17N3O3. The molecule has 0 aliphatic heterocycles. The van der Waals surface area contributed by atoms with Crippen molar-refractivity contribution in [3.8, 4) is 17.0 Å². The van der Waals surface area contributed by atoms with Gasteiger partial charge in [0.05, 0.1) is 12.8 Å². The molecule has 0 bridgehead atoms. The zero-order valence-corrected chi connectivity index (χ0v) is 13.9. The number of benzene rings is 2. The Kier molecular flexibility index (Phi) is 4.61. The van der Waals surface area contributed by atoms with Crippen LogP contribution in [0.2, 0.25) is 0 Å². The number of nitrogens with zero attached hydrogens (tertiary/aromatic N) is 1. The summed E-state index contributed by atoms with van der Waals surface area (Å²) in [6, 6.07) is 15.9. The molecule has 1 heterocycles. The van der Waals surface area contributed by atoms with Gasteiger partial charge in [0.15, 0.2) is 5.78 Å². The topological polar surface area (TPSA) is 84.1 Å². The van der Waals surface area contributed by atoms with Gasteiger partial charge >= 0.3 is 0 Å². The van der Waals surface area contributed by atoms with Crippen LogP contribution < -0.4 is 10.1 Å². The van der Waals surface area contributed by atoms with E-state index in [1.807, 2.05) is 24.3 Å². The largest absolute Gasteiger partial charge is 0.497 e. The maximum Gasteiger partial charge on any atom is 0.273 e. The second-order valence-corrected chi connectivity index (χ2v) is 5.49. The highest BCUT2D eigenvalue weighted by molar-refractivity contribution is 6.04. The summed E-state index contributed by atoms with van der Waals surface area (Å²) in [4.78, 5) is 23.8. The van der Waals surface area contributed by atoms with Crippen molar-refractivity contribution in [1.82, 2.24) is 10.2 Å². The van der Waals surface area contributed by atoms with Gasteiger partial charge in [-0.05, 0) is 49.4 Å². The minimum absolute atomic E-state index is 0.0561. The number of methoxy groups -OCH3 is 1. The van der Waals surface area contributed by atoms with Gasteiger partial charge in [0, 0.05) is 16.8 Å². The third-order valence-electron chi connectivity index (χ3n) is 3.74. The molecule has 0 saturated carbocycles. The summed E-state index contributed by atoms with van der Waals surface area (Å²) in [5, 5.41) is 9.65. The zero-order valence-electron chi connectivity index (χ0n) is 13.9. The van der Waals surface area contributed by atoms with Crippen molar-refractivity contribution in [3.05, 3.63) is 65.9 Å². The predicted molar refractivity (Wildman–Crippen MR) is 95.0 cm³/mol. The maximum absolute atomic E-state index is 12.4. The number of carbonyl (C=O) groups excluding carboxylic acids is 2. The molecule has 3 aromatic rings. The Morgan fingerprint density at radius 3 is 2.52 bits per heavy atom. The van der Waals surface area contributed by atoms with Crippen molar-refractivity contribution < 1.29 is 14.3 Å². The van der Waals surface area contributed by atoms with E-state index in [0.717, 1.165) is 11.3 Å². The first-order chi connectivity index (χ1) is 12.1. The predicted octanol–water partition coefficient (Wildman–Crippen LogP) is 3.54. The van der Waals surface area contributed by atoms with Gasteiger partial charge in [0.1, 0.15) is 11.4 Å². The zero-order chi connectivity index (χ0) is 17.8. The first-order valence-corrected chi connectivity index (χ1v) is 7.69. The number of hydrogen-bond donors (Lipinski definition) is 2. The number of anilines is 1. The number of aromatic nitrogens is 2. The van der Waals surface area contributed by atoms with Crippen LogP contribution in [0.25, 0.3) is 11.3 Å². The van der Waals surface area contributed by atoms with Crippen molar-refractivity contribution in [2.45, 2.75) is 6.92 Å². The molecule has 126 valence electrons. The molecule has 0 aliphatic rings. The molecule has 3 rings (SSSR count). The SMILES string of the molecule is COc1ccc(-c2cc(C(=O)Nc3cccc(C(C)=O)c3)[nH]n2)cc1. The third-order valence-corrected chi connectivity index (χ3v) is 3.74. The lowest BCUT2D eigenvalue weighted by atomic mass is 10.1. The molecule has 0 unspecified atom stereocenters. The van der Waals surface area contributed by atoms with Gasteiger partial charge in [-0.1, -0.05) is 12.1 Å². The summed E-state index contributed by atoms with van der Waals surface area (Å²) < 4.78 is 5.12. The number of hydrogen-bond acceptors (Lipinski definition) is 4. The minimum atomic E-state index is -0.326. The van der Waals surface area contributed by atoms with E-state index in [1.54, 1.807) is 37.4 Å². The monoisotopic (exact) mass is 335 g/mol. The number of Topliss-reactive ketones (excluding diaryl/α,β-unsaturated/α-hetero) is 1. The number of aromatic amines is 1. The molecule has 1 amide bonds. The number of rotatable bonds is 5. The van der Waals surface area contributed by atoms with Crippen LogP contribution in [0.1, 0.15) is 27.8 Å². The molecule has 2 aromatic carbocycles. The molecule has 1 aromatic heterocycles. The van der Waals surface area contributed by atoms with E-state index in [2.05, 4.69) is 15.5 Å². The fourth-order valence-electron chi connectivity index (χ4n) is 2.36. The van der Waals surface area contributed by atoms with Gasteiger partial charge in [-0.15, -0.1) is 0 Å².